The van der Waals surface area contributed by atoms with E-state index in [-0.39, 0.29) is 18.7 Å². The molecule has 0 fully saturated rings. The van der Waals surface area contributed by atoms with Crippen LogP contribution in [0.1, 0.15) is 52.0 Å². The molecule has 1 aromatic rings. The predicted octanol–water partition coefficient (Wildman–Crippen LogP) is 4.39. The van der Waals surface area contributed by atoms with Crippen LogP contribution in [-0.2, 0) is 20.8 Å². The second-order valence-electron chi connectivity index (χ2n) is 5.25. The number of amides is 2. The van der Waals surface area contributed by atoms with E-state index < -0.39 is 5.97 Å². The molecule has 0 saturated heterocycles. The molecule has 0 aliphatic heterocycles. The van der Waals surface area contributed by atoms with Crippen LogP contribution >= 0.6 is 11.8 Å². The number of carboxylic acids is 1. The first-order chi connectivity index (χ1) is 11.9. The van der Waals surface area contributed by atoms with Gasteiger partial charge >= 0.3 is 5.97 Å². The van der Waals surface area contributed by atoms with Gasteiger partial charge in [-0.1, -0.05) is 39.3 Å². The van der Waals surface area contributed by atoms with E-state index in [9.17, 15) is 14.4 Å². The third-order valence-corrected chi connectivity index (χ3v) is 2.75. The fraction of sp³-hybridized carbons (Fsp3) is 0.526. The lowest BCUT2D eigenvalue weighted by molar-refractivity contribution is -0.137. The summed E-state index contributed by atoms with van der Waals surface area (Å²) in [5.74, 6) is -1.06. The number of hydrogen-bond acceptors (Lipinski definition) is 4. The Bertz CT molecular complexity index is 487. The van der Waals surface area contributed by atoms with Gasteiger partial charge in [-0.05, 0) is 43.0 Å². The molecule has 25 heavy (non-hydrogen) atoms. The van der Waals surface area contributed by atoms with Crippen molar-refractivity contribution in [3.8, 4) is 0 Å². The first-order valence-corrected chi connectivity index (χ1v) is 10.0. The van der Waals surface area contributed by atoms with E-state index in [4.69, 9.17) is 5.11 Å². The van der Waals surface area contributed by atoms with E-state index in [0.29, 0.717) is 24.9 Å². The topological polar surface area (TPSA) is 74.7 Å². The van der Waals surface area contributed by atoms with Gasteiger partial charge in [0.2, 0.25) is 12.3 Å². The Labute approximate surface area is 155 Å². The minimum absolute atomic E-state index is 0.135. The van der Waals surface area contributed by atoms with Crippen molar-refractivity contribution in [2.75, 3.05) is 17.4 Å². The number of nitrogens with zero attached hydrogens (tertiary/aromatic N) is 1. The zero-order valence-electron chi connectivity index (χ0n) is 15.9. The maximum atomic E-state index is 11.5. The minimum Gasteiger partial charge on any atom is -0.481 e. The summed E-state index contributed by atoms with van der Waals surface area (Å²) < 4.78 is 0. The van der Waals surface area contributed by atoms with Crippen LogP contribution in [0.15, 0.2) is 24.3 Å². The Morgan fingerprint density at radius 1 is 1.12 bits per heavy atom. The number of rotatable bonds is 7. The molecule has 2 amide bonds. The second kappa shape index (κ2) is 17.0. The zero-order chi connectivity index (χ0) is 19.7. The lowest BCUT2D eigenvalue weighted by atomic mass is 10.1. The number of aryl methyl sites for hydroxylation is 1. The molecule has 0 spiro atoms. The Hall–Kier alpha value is -1.82. The summed E-state index contributed by atoms with van der Waals surface area (Å²) in [7, 11) is 0. The number of benzene rings is 1. The molecule has 1 rings (SSSR count). The largest absolute Gasteiger partial charge is 0.481 e. The fourth-order valence-corrected chi connectivity index (χ4v) is 1.70. The number of aliphatic carboxylic acids is 1. The molecule has 0 saturated carbocycles. The van der Waals surface area contributed by atoms with Crippen LogP contribution < -0.4 is 4.90 Å². The lowest BCUT2D eigenvalue weighted by Gasteiger charge is -2.14. The van der Waals surface area contributed by atoms with Gasteiger partial charge in [-0.2, -0.15) is 11.8 Å². The van der Waals surface area contributed by atoms with Crippen molar-refractivity contribution in [2.45, 2.75) is 52.9 Å². The van der Waals surface area contributed by atoms with E-state index in [2.05, 4.69) is 13.8 Å². The Morgan fingerprint density at radius 3 is 1.96 bits per heavy atom. The summed E-state index contributed by atoms with van der Waals surface area (Å²) in [6, 6.07) is 6.99. The molecule has 5 nitrogen and oxygen atoms in total. The lowest BCUT2D eigenvalue weighted by Crippen LogP contribution is -2.28. The Morgan fingerprint density at radius 2 is 1.60 bits per heavy atom. The van der Waals surface area contributed by atoms with Gasteiger partial charge in [0.05, 0.1) is 5.69 Å². The molecular weight excluding hydrogens is 338 g/mol. The van der Waals surface area contributed by atoms with Crippen molar-refractivity contribution in [2.24, 2.45) is 0 Å². The average molecular weight is 370 g/mol. The van der Waals surface area contributed by atoms with Crippen molar-refractivity contribution in [3.05, 3.63) is 29.8 Å². The maximum Gasteiger partial charge on any atom is 0.303 e. The zero-order valence-corrected chi connectivity index (χ0v) is 16.8. The smallest absolute Gasteiger partial charge is 0.303 e. The van der Waals surface area contributed by atoms with Gasteiger partial charge in [0, 0.05) is 12.8 Å². The van der Waals surface area contributed by atoms with Gasteiger partial charge in [-0.15, -0.1) is 0 Å². The quantitative estimate of drug-likeness (QED) is 0.722. The Balaban J connectivity index is 0. The van der Waals surface area contributed by atoms with Crippen molar-refractivity contribution < 1.29 is 19.5 Å². The summed E-state index contributed by atoms with van der Waals surface area (Å²) in [6.07, 6.45) is 7.47. The summed E-state index contributed by atoms with van der Waals surface area (Å²) in [4.78, 5) is 33.8. The molecule has 0 atom stereocenters. The standard InChI is InChI=1S/C14H17NO4.C3H8.C2H6S/c1-2-13(17)15(10-16)12-8-6-11(7-9-12)4-3-5-14(18)19;2*1-3-2/h6-10H,2-5H2,1H3,(H,18,19);3H2,1-2H3;1-2H3. The highest BCUT2D eigenvalue weighted by Gasteiger charge is 2.12. The van der Waals surface area contributed by atoms with Gasteiger partial charge in [0.25, 0.3) is 0 Å². The Kier molecular flexibility index (Phi) is 17.3. The van der Waals surface area contributed by atoms with Gasteiger partial charge in [0.1, 0.15) is 0 Å². The number of carboxylic acid groups (broad SMARTS) is 1. The molecule has 0 radical (unpaired) electrons. The highest BCUT2D eigenvalue weighted by atomic mass is 32.2. The molecule has 0 aliphatic rings. The number of thioether (sulfide) groups is 1. The van der Waals surface area contributed by atoms with E-state index >= 15 is 0 Å². The minimum atomic E-state index is -0.808. The van der Waals surface area contributed by atoms with Gasteiger partial charge in [-0.3, -0.25) is 19.3 Å². The van der Waals surface area contributed by atoms with Crippen LogP contribution in [0.4, 0.5) is 5.69 Å². The van der Waals surface area contributed by atoms with Crippen molar-refractivity contribution in [1.29, 1.82) is 0 Å². The molecule has 0 heterocycles. The van der Waals surface area contributed by atoms with Gasteiger partial charge in [-0.25, -0.2) is 0 Å². The van der Waals surface area contributed by atoms with Gasteiger partial charge < -0.3 is 5.11 Å². The molecule has 0 unspecified atom stereocenters. The van der Waals surface area contributed by atoms with Crippen molar-refractivity contribution in [3.63, 3.8) is 0 Å². The average Bonchev–Trinajstić information content (AvgIpc) is 2.58. The predicted molar refractivity (Wildman–Crippen MR) is 106 cm³/mol. The van der Waals surface area contributed by atoms with E-state index in [1.807, 2.05) is 12.5 Å². The molecule has 0 aliphatic carbocycles. The molecule has 142 valence electrons. The maximum absolute atomic E-state index is 11.5. The monoisotopic (exact) mass is 369 g/mol. The van der Waals surface area contributed by atoms with Crippen molar-refractivity contribution >= 4 is 35.7 Å². The van der Waals surface area contributed by atoms with Crippen LogP contribution in [0.5, 0.6) is 0 Å². The molecule has 6 heteroatoms. The first kappa shape index (κ1) is 25.4. The first-order valence-electron chi connectivity index (χ1n) is 8.39. The second-order valence-corrected chi connectivity index (χ2v) is 6.07. The third-order valence-electron chi connectivity index (χ3n) is 2.75. The summed E-state index contributed by atoms with van der Waals surface area (Å²) in [5, 5.41) is 8.55. The number of anilines is 1. The van der Waals surface area contributed by atoms with Crippen LogP contribution in [0, 0.1) is 0 Å². The number of hydrogen-bond donors (Lipinski definition) is 1. The molecule has 0 bridgehead atoms. The highest BCUT2D eigenvalue weighted by molar-refractivity contribution is 7.97. The highest BCUT2D eigenvalue weighted by Crippen LogP contribution is 2.16. The number of carbonyl (C=O) groups excluding carboxylic acids is 2. The number of carbonyl (C=O) groups is 3. The summed E-state index contributed by atoms with van der Waals surface area (Å²) >= 11 is 1.75. The van der Waals surface area contributed by atoms with E-state index in [0.717, 1.165) is 10.5 Å². The SMILES string of the molecule is CCC.CCC(=O)N(C=O)c1ccc(CCCC(=O)O)cc1.CSC. The molecular formula is C19H31NO4S. The van der Waals surface area contributed by atoms with Crippen LogP contribution in [-0.4, -0.2) is 35.9 Å². The molecule has 0 aromatic heterocycles. The summed E-state index contributed by atoms with van der Waals surface area (Å²) in [6.45, 7) is 5.94. The van der Waals surface area contributed by atoms with Crippen LogP contribution in [0.2, 0.25) is 0 Å². The van der Waals surface area contributed by atoms with Gasteiger partial charge in [0.15, 0.2) is 0 Å². The summed E-state index contributed by atoms with van der Waals surface area (Å²) in [5.41, 5.74) is 1.52. The fourth-order valence-electron chi connectivity index (χ4n) is 1.70. The van der Waals surface area contributed by atoms with Crippen LogP contribution in [0.25, 0.3) is 0 Å². The third kappa shape index (κ3) is 13.2. The number of imide groups is 1. The van der Waals surface area contributed by atoms with Crippen molar-refractivity contribution in [1.82, 2.24) is 0 Å². The molecule has 1 N–H and O–H groups in total. The van der Waals surface area contributed by atoms with E-state index in [1.165, 1.54) is 6.42 Å². The van der Waals surface area contributed by atoms with Crippen LogP contribution in [0.3, 0.4) is 0 Å². The molecule has 1 aromatic carbocycles. The normalized spacial score (nSPS) is 9.00. The van der Waals surface area contributed by atoms with E-state index in [1.54, 1.807) is 43.0 Å².